The zero-order valence-corrected chi connectivity index (χ0v) is 26.4. The summed E-state index contributed by atoms with van der Waals surface area (Å²) in [5, 5.41) is 5.35. The first-order valence-corrected chi connectivity index (χ1v) is 16.8. The van der Waals surface area contributed by atoms with Crippen LogP contribution in [-0.4, -0.2) is 4.98 Å². The minimum atomic E-state index is 0.833. The molecule has 0 radical (unpaired) electrons. The Balaban J connectivity index is 1.17. The molecule has 0 unspecified atom stereocenters. The molecule has 0 saturated carbocycles. The molecule has 3 heterocycles. The number of hydrogen-bond acceptors (Lipinski definition) is 5. The topological polar surface area (TPSA) is 42.4 Å². The molecule has 0 saturated heterocycles. The maximum atomic E-state index is 6.59. The molecule has 3 aromatic heterocycles. The fourth-order valence-corrected chi connectivity index (χ4v) is 8.00. The maximum absolute atomic E-state index is 6.59. The summed E-state index contributed by atoms with van der Waals surface area (Å²) in [6.07, 6.45) is 0. The normalized spacial score (nSPS) is 11.8. The Morgan fingerprint density at radius 1 is 0.458 bits per heavy atom. The van der Waals surface area contributed by atoms with E-state index in [0.717, 1.165) is 81.7 Å². The number of furan rings is 2. The largest absolute Gasteiger partial charge is 0.456 e. The van der Waals surface area contributed by atoms with Crippen LogP contribution in [0.15, 0.2) is 167 Å². The number of anilines is 3. The van der Waals surface area contributed by atoms with Crippen LogP contribution in [0.25, 0.3) is 75.8 Å². The molecule has 5 heteroatoms. The Morgan fingerprint density at radius 3 is 1.94 bits per heavy atom. The summed E-state index contributed by atoms with van der Waals surface area (Å²) in [5.41, 5.74) is 11.0. The van der Waals surface area contributed by atoms with E-state index >= 15 is 0 Å². The van der Waals surface area contributed by atoms with Gasteiger partial charge in [0.2, 0.25) is 0 Å². The van der Waals surface area contributed by atoms with Gasteiger partial charge in [-0.1, -0.05) is 97.1 Å². The maximum Gasteiger partial charge on any atom is 0.137 e. The van der Waals surface area contributed by atoms with E-state index in [-0.39, 0.29) is 0 Å². The third-order valence-electron chi connectivity index (χ3n) is 9.11. The first kappa shape index (κ1) is 27.0. The molecular formula is C43H26N2O2S. The van der Waals surface area contributed by atoms with Gasteiger partial charge in [0, 0.05) is 39.2 Å². The minimum Gasteiger partial charge on any atom is -0.456 e. The lowest BCUT2D eigenvalue weighted by atomic mass is 10.0. The molecule has 0 aliphatic carbocycles. The van der Waals surface area contributed by atoms with E-state index in [2.05, 4.69) is 126 Å². The second kappa shape index (κ2) is 10.7. The van der Waals surface area contributed by atoms with Crippen LogP contribution in [0.4, 0.5) is 17.1 Å². The smallest absolute Gasteiger partial charge is 0.137 e. The van der Waals surface area contributed by atoms with E-state index in [9.17, 15) is 0 Å². The molecule has 0 bridgehead atoms. The lowest BCUT2D eigenvalue weighted by molar-refractivity contribution is 0.669. The van der Waals surface area contributed by atoms with Crippen molar-refractivity contribution in [3.05, 3.63) is 158 Å². The third kappa shape index (κ3) is 4.25. The highest BCUT2D eigenvalue weighted by Crippen LogP contribution is 2.46. The number of hydrogen-bond donors (Lipinski definition) is 0. The number of rotatable bonds is 5. The van der Waals surface area contributed by atoms with Gasteiger partial charge < -0.3 is 13.7 Å². The minimum absolute atomic E-state index is 0.833. The van der Waals surface area contributed by atoms with Crippen molar-refractivity contribution in [2.24, 2.45) is 0 Å². The van der Waals surface area contributed by atoms with Crippen molar-refractivity contribution in [2.75, 3.05) is 4.90 Å². The van der Waals surface area contributed by atoms with Crippen molar-refractivity contribution in [2.45, 2.75) is 0 Å². The van der Waals surface area contributed by atoms with Crippen molar-refractivity contribution in [3.63, 3.8) is 0 Å². The van der Waals surface area contributed by atoms with Crippen molar-refractivity contribution in [1.82, 2.24) is 4.98 Å². The van der Waals surface area contributed by atoms with Crippen molar-refractivity contribution in [3.8, 4) is 21.7 Å². The van der Waals surface area contributed by atoms with Gasteiger partial charge in [-0.05, 0) is 65.7 Å². The van der Waals surface area contributed by atoms with E-state index in [1.54, 1.807) is 11.3 Å². The Kier molecular flexibility index (Phi) is 6.01. The first-order chi connectivity index (χ1) is 23.8. The van der Waals surface area contributed by atoms with Gasteiger partial charge in [-0.25, -0.2) is 4.98 Å². The Morgan fingerprint density at radius 2 is 1.10 bits per heavy atom. The second-order valence-electron chi connectivity index (χ2n) is 12.0. The molecule has 0 fully saturated rings. The fraction of sp³-hybridized carbons (Fsp3) is 0. The number of para-hydroxylation sites is 1. The van der Waals surface area contributed by atoms with E-state index in [1.807, 2.05) is 36.4 Å². The fourth-order valence-electron chi connectivity index (χ4n) is 6.88. The van der Waals surface area contributed by atoms with Gasteiger partial charge in [0.05, 0.1) is 21.3 Å². The van der Waals surface area contributed by atoms with Crippen molar-refractivity contribution >= 4 is 82.5 Å². The molecule has 0 atom stereocenters. The van der Waals surface area contributed by atoms with E-state index < -0.39 is 0 Å². The summed E-state index contributed by atoms with van der Waals surface area (Å²) in [7, 11) is 0. The van der Waals surface area contributed by atoms with E-state index in [0.29, 0.717) is 0 Å². The summed E-state index contributed by atoms with van der Waals surface area (Å²) in [6, 6.07) is 54.8. The van der Waals surface area contributed by atoms with Gasteiger partial charge >= 0.3 is 0 Å². The molecular weight excluding hydrogens is 609 g/mol. The van der Waals surface area contributed by atoms with E-state index in [4.69, 9.17) is 13.8 Å². The summed E-state index contributed by atoms with van der Waals surface area (Å²) < 4.78 is 14.1. The lowest BCUT2D eigenvalue weighted by Gasteiger charge is -2.26. The highest BCUT2D eigenvalue weighted by molar-refractivity contribution is 7.22. The van der Waals surface area contributed by atoms with Gasteiger partial charge in [0.15, 0.2) is 0 Å². The lowest BCUT2D eigenvalue weighted by Crippen LogP contribution is -2.10. The SMILES string of the molecule is c1ccc(-c2ccc(N(c3ccc4c(c3)oc3ccc5nc(-c6ccccc6)sc5c34)c3cccc4oc5ccccc5c34)cc2)cc1. The molecule has 0 aliphatic heterocycles. The summed E-state index contributed by atoms with van der Waals surface area (Å²) in [5.74, 6) is 0. The summed E-state index contributed by atoms with van der Waals surface area (Å²) >= 11 is 1.71. The van der Waals surface area contributed by atoms with Crippen LogP contribution >= 0.6 is 11.3 Å². The molecule has 0 amide bonds. The zero-order valence-electron chi connectivity index (χ0n) is 25.6. The van der Waals surface area contributed by atoms with Gasteiger partial charge in [-0.15, -0.1) is 11.3 Å². The average molecular weight is 635 g/mol. The molecule has 0 aliphatic rings. The molecule has 0 spiro atoms. The van der Waals surface area contributed by atoms with Crippen LogP contribution in [0.5, 0.6) is 0 Å². The third-order valence-corrected chi connectivity index (χ3v) is 10.2. The Bertz CT molecular complexity index is 2780. The Hall–Kier alpha value is -6.17. The average Bonchev–Trinajstić information content (AvgIpc) is 3.86. The number of thiazole rings is 1. The molecule has 4 nitrogen and oxygen atoms in total. The number of aromatic nitrogens is 1. The molecule has 10 aromatic rings. The van der Waals surface area contributed by atoms with Crippen LogP contribution in [0.3, 0.4) is 0 Å². The van der Waals surface area contributed by atoms with Crippen LogP contribution in [-0.2, 0) is 0 Å². The predicted octanol–water partition coefficient (Wildman–Crippen LogP) is 12.9. The molecule has 226 valence electrons. The number of benzene rings is 7. The molecule has 10 rings (SSSR count). The summed E-state index contributed by atoms with van der Waals surface area (Å²) in [4.78, 5) is 7.29. The van der Waals surface area contributed by atoms with Gasteiger partial charge in [0.25, 0.3) is 0 Å². The molecule has 0 N–H and O–H groups in total. The van der Waals surface area contributed by atoms with Crippen molar-refractivity contribution < 1.29 is 8.83 Å². The van der Waals surface area contributed by atoms with Crippen molar-refractivity contribution in [1.29, 1.82) is 0 Å². The highest BCUT2D eigenvalue weighted by Gasteiger charge is 2.21. The van der Waals surface area contributed by atoms with Gasteiger partial charge in [-0.2, -0.15) is 0 Å². The quantitative estimate of drug-likeness (QED) is 0.189. The van der Waals surface area contributed by atoms with Gasteiger partial charge in [0.1, 0.15) is 27.3 Å². The second-order valence-corrected chi connectivity index (χ2v) is 13.0. The van der Waals surface area contributed by atoms with Gasteiger partial charge in [-0.3, -0.25) is 0 Å². The molecule has 48 heavy (non-hydrogen) atoms. The van der Waals surface area contributed by atoms with E-state index in [1.165, 1.54) is 11.1 Å². The molecule has 7 aromatic carbocycles. The highest BCUT2D eigenvalue weighted by atomic mass is 32.1. The van der Waals surface area contributed by atoms with Crippen LogP contribution in [0.2, 0.25) is 0 Å². The predicted molar refractivity (Wildman–Crippen MR) is 200 cm³/mol. The zero-order chi connectivity index (χ0) is 31.6. The summed E-state index contributed by atoms with van der Waals surface area (Å²) in [6.45, 7) is 0. The monoisotopic (exact) mass is 634 g/mol. The standard InChI is InChI=1S/C43H26N2O2S/c1-3-10-27(11-4-1)28-18-20-30(21-19-28)45(35-15-9-17-37-40(35)32-14-7-8-16-36(32)46-37)31-22-23-33-39(26-31)47-38-25-24-34-42(41(33)38)48-43(44-34)29-12-5-2-6-13-29/h1-26H. The first-order valence-electron chi connectivity index (χ1n) is 16.0. The van der Waals surface area contributed by atoms with Crippen LogP contribution in [0.1, 0.15) is 0 Å². The number of fused-ring (bicyclic) bond motifs is 8. The Labute approximate surface area is 279 Å². The number of nitrogens with zero attached hydrogens (tertiary/aromatic N) is 2. The van der Waals surface area contributed by atoms with Crippen LogP contribution < -0.4 is 4.90 Å². The van der Waals surface area contributed by atoms with Crippen LogP contribution in [0, 0.1) is 0 Å².